The van der Waals surface area contributed by atoms with E-state index in [0.717, 1.165) is 27.7 Å². The molecule has 0 spiro atoms. The molecule has 5 nitrogen and oxygen atoms in total. The number of fused-ring (bicyclic) bond motifs is 1. The van der Waals surface area contributed by atoms with Crippen LogP contribution < -0.4 is 5.32 Å². The summed E-state index contributed by atoms with van der Waals surface area (Å²) >= 11 is 0. The molecule has 0 radical (unpaired) electrons. The van der Waals surface area contributed by atoms with Crippen LogP contribution >= 0.6 is 0 Å². The molecule has 2 heterocycles. The van der Waals surface area contributed by atoms with E-state index in [0.29, 0.717) is 17.8 Å². The highest BCUT2D eigenvalue weighted by Crippen LogP contribution is 2.21. The number of rotatable bonds is 4. The monoisotopic (exact) mass is 356 g/mol. The van der Waals surface area contributed by atoms with Crippen molar-refractivity contribution < 1.29 is 4.79 Å². The lowest BCUT2D eigenvalue weighted by molar-refractivity contribution is 0.102. The fourth-order valence-electron chi connectivity index (χ4n) is 3.14. The van der Waals surface area contributed by atoms with E-state index in [4.69, 9.17) is 0 Å². The zero-order chi connectivity index (χ0) is 18.8. The van der Waals surface area contributed by atoms with E-state index in [-0.39, 0.29) is 5.91 Å². The first-order valence-electron chi connectivity index (χ1n) is 8.84. The molecule has 134 valence electrons. The third kappa shape index (κ3) is 3.72. The second kappa shape index (κ2) is 7.03. The van der Waals surface area contributed by atoms with E-state index in [1.165, 1.54) is 0 Å². The smallest absolute Gasteiger partial charge is 0.256 e. The number of nitrogens with one attached hydrogen (secondary N) is 1. The lowest BCUT2D eigenvalue weighted by atomic mass is 10.0. The summed E-state index contributed by atoms with van der Waals surface area (Å²) in [5, 5.41) is 8.15. The van der Waals surface area contributed by atoms with Crippen LogP contribution in [0.3, 0.4) is 0 Å². The van der Waals surface area contributed by atoms with E-state index in [9.17, 15) is 4.79 Å². The first kappa shape index (κ1) is 17.0. The first-order valence-corrected chi connectivity index (χ1v) is 8.84. The van der Waals surface area contributed by atoms with Gasteiger partial charge >= 0.3 is 0 Å². The van der Waals surface area contributed by atoms with Gasteiger partial charge in [0.05, 0.1) is 29.5 Å². The molecule has 27 heavy (non-hydrogen) atoms. The summed E-state index contributed by atoms with van der Waals surface area (Å²) in [7, 11) is 0. The van der Waals surface area contributed by atoms with Crippen LogP contribution in [0.4, 0.5) is 5.69 Å². The molecule has 0 saturated carbocycles. The van der Waals surface area contributed by atoms with Gasteiger partial charge in [0, 0.05) is 17.3 Å². The summed E-state index contributed by atoms with van der Waals surface area (Å²) in [6.07, 6.45) is 3.51. The summed E-state index contributed by atoms with van der Waals surface area (Å²) < 4.78 is 1.81. The lowest BCUT2D eigenvalue weighted by Gasteiger charge is -2.08. The van der Waals surface area contributed by atoms with E-state index in [1.54, 1.807) is 6.20 Å². The van der Waals surface area contributed by atoms with E-state index in [1.807, 2.05) is 79.3 Å². The molecule has 2 aromatic carbocycles. The van der Waals surface area contributed by atoms with Crippen molar-refractivity contribution in [2.24, 2.45) is 0 Å². The molecule has 1 N–H and O–H groups in total. The standard InChI is InChI=1S/C22H20N4O/c1-15-8-9-21-19(10-15)20(11-16(2)24-21)22(27)25-18-12-23-26(14-18)13-17-6-4-3-5-7-17/h3-12,14H,13H2,1-2H3,(H,25,27). The predicted octanol–water partition coefficient (Wildman–Crippen LogP) is 4.35. The highest BCUT2D eigenvalue weighted by molar-refractivity contribution is 6.12. The molecule has 4 aromatic rings. The number of hydrogen-bond acceptors (Lipinski definition) is 3. The van der Waals surface area contributed by atoms with Gasteiger partial charge in [-0.2, -0.15) is 5.10 Å². The minimum Gasteiger partial charge on any atom is -0.319 e. The van der Waals surface area contributed by atoms with Crippen molar-refractivity contribution in [2.45, 2.75) is 20.4 Å². The minimum atomic E-state index is -0.157. The zero-order valence-electron chi connectivity index (χ0n) is 15.3. The summed E-state index contributed by atoms with van der Waals surface area (Å²) in [5.74, 6) is -0.157. The topological polar surface area (TPSA) is 59.8 Å². The van der Waals surface area contributed by atoms with Crippen molar-refractivity contribution in [1.29, 1.82) is 0 Å². The van der Waals surface area contributed by atoms with Crippen molar-refractivity contribution in [2.75, 3.05) is 5.32 Å². The number of carbonyl (C=O) groups excluding carboxylic acids is 1. The van der Waals surface area contributed by atoms with Gasteiger partial charge in [0.1, 0.15) is 0 Å². The molecule has 0 unspecified atom stereocenters. The van der Waals surface area contributed by atoms with Gasteiger partial charge in [0.25, 0.3) is 5.91 Å². The van der Waals surface area contributed by atoms with Crippen LogP contribution in [0.25, 0.3) is 10.9 Å². The van der Waals surface area contributed by atoms with Crippen LogP contribution in [-0.2, 0) is 6.54 Å². The molecule has 1 amide bonds. The van der Waals surface area contributed by atoms with Gasteiger partial charge in [-0.25, -0.2) is 0 Å². The summed E-state index contributed by atoms with van der Waals surface area (Å²) in [6.45, 7) is 4.57. The third-order valence-electron chi connectivity index (χ3n) is 4.42. The molecule has 0 atom stereocenters. The Balaban J connectivity index is 1.58. The molecular formula is C22H20N4O. The average Bonchev–Trinajstić information content (AvgIpc) is 3.09. The lowest BCUT2D eigenvalue weighted by Crippen LogP contribution is -2.13. The molecule has 0 bridgehead atoms. The van der Waals surface area contributed by atoms with E-state index >= 15 is 0 Å². The van der Waals surface area contributed by atoms with E-state index < -0.39 is 0 Å². The Morgan fingerprint density at radius 3 is 2.70 bits per heavy atom. The van der Waals surface area contributed by atoms with Gasteiger partial charge in [-0.05, 0) is 37.6 Å². The van der Waals surface area contributed by atoms with Crippen molar-refractivity contribution in [3.63, 3.8) is 0 Å². The molecular weight excluding hydrogens is 336 g/mol. The molecule has 0 aliphatic carbocycles. The molecule has 4 rings (SSSR count). The number of nitrogens with zero attached hydrogens (tertiary/aromatic N) is 3. The number of aromatic nitrogens is 3. The SMILES string of the molecule is Cc1ccc2nc(C)cc(C(=O)Nc3cnn(Cc4ccccc4)c3)c2c1. The molecule has 0 fully saturated rings. The fraction of sp³-hybridized carbons (Fsp3) is 0.136. The number of carbonyl (C=O) groups is 1. The summed E-state index contributed by atoms with van der Waals surface area (Å²) in [6, 6.07) is 17.9. The Kier molecular flexibility index (Phi) is 4.42. The maximum Gasteiger partial charge on any atom is 0.256 e. The minimum absolute atomic E-state index is 0.157. The number of aryl methyl sites for hydroxylation is 2. The van der Waals surface area contributed by atoms with E-state index in [2.05, 4.69) is 15.4 Å². The highest BCUT2D eigenvalue weighted by Gasteiger charge is 2.13. The molecule has 2 aromatic heterocycles. The number of anilines is 1. The van der Waals surface area contributed by atoms with Crippen LogP contribution in [0.1, 0.15) is 27.2 Å². The Labute approximate surface area is 157 Å². The maximum atomic E-state index is 12.9. The summed E-state index contributed by atoms with van der Waals surface area (Å²) in [5.41, 5.74) is 5.19. The number of hydrogen-bond donors (Lipinski definition) is 1. The highest BCUT2D eigenvalue weighted by atomic mass is 16.1. The van der Waals surface area contributed by atoms with Crippen molar-refractivity contribution in [1.82, 2.24) is 14.8 Å². The second-order valence-corrected chi connectivity index (χ2v) is 6.70. The van der Waals surface area contributed by atoms with Gasteiger partial charge in [0.2, 0.25) is 0 Å². The molecule has 5 heteroatoms. The van der Waals surface area contributed by atoms with Crippen molar-refractivity contribution in [3.05, 3.63) is 89.4 Å². The Bertz CT molecular complexity index is 1120. The van der Waals surface area contributed by atoms with Gasteiger partial charge in [-0.15, -0.1) is 0 Å². The Morgan fingerprint density at radius 1 is 1.07 bits per heavy atom. The second-order valence-electron chi connectivity index (χ2n) is 6.70. The van der Waals surface area contributed by atoms with Crippen LogP contribution in [0, 0.1) is 13.8 Å². The van der Waals surface area contributed by atoms with Crippen LogP contribution in [-0.4, -0.2) is 20.7 Å². The van der Waals surface area contributed by atoms with Crippen LogP contribution in [0.2, 0.25) is 0 Å². The average molecular weight is 356 g/mol. The van der Waals surface area contributed by atoms with Gasteiger partial charge in [-0.1, -0.05) is 42.0 Å². The maximum absolute atomic E-state index is 12.9. The molecule has 0 aliphatic rings. The fourth-order valence-corrected chi connectivity index (χ4v) is 3.14. The number of amides is 1. The first-order chi connectivity index (χ1) is 13.1. The number of benzene rings is 2. The van der Waals surface area contributed by atoms with Gasteiger partial charge in [-0.3, -0.25) is 14.5 Å². The zero-order valence-corrected chi connectivity index (χ0v) is 15.3. The van der Waals surface area contributed by atoms with Gasteiger partial charge in [0.15, 0.2) is 0 Å². The van der Waals surface area contributed by atoms with Crippen molar-refractivity contribution in [3.8, 4) is 0 Å². The quantitative estimate of drug-likeness (QED) is 0.591. The van der Waals surface area contributed by atoms with Crippen LogP contribution in [0.5, 0.6) is 0 Å². The Morgan fingerprint density at radius 2 is 1.89 bits per heavy atom. The molecule has 0 saturated heterocycles. The third-order valence-corrected chi connectivity index (χ3v) is 4.42. The summed E-state index contributed by atoms with van der Waals surface area (Å²) in [4.78, 5) is 17.4. The normalized spacial score (nSPS) is 10.9. The van der Waals surface area contributed by atoms with Gasteiger partial charge < -0.3 is 5.32 Å². The Hall–Kier alpha value is -3.47. The number of pyridine rings is 1. The van der Waals surface area contributed by atoms with Crippen molar-refractivity contribution >= 4 is 22.5 Å². The molecule has 0 aliphatic heterocycles. The van der Waals surface area contributed by atoms with Crippen LogP contribution in [0.15, 0.2) is 67.0 Å². The predicted molar refractivity (Wildman–Crippen MR) is 107 cm³/mol. The largest absolute Gasteiger partial charge is 0.319 e.